The zero-order valence-electron chi connectivity index (χ0n) is 15.0. The molecule has 0 saturated carbocycles. The highest BCUT2D eigenvalue weighted by molar-refractivity contribution is 7.08. The quantitative estimate of drug-likeness (QED) is 0.554. The summed E-state index contributed by atoms with van der Waals surface area (Å²) < 4.78 is 5.10. The molecule has 7 heteroatoms. The SMILES string of the molecule is COc1ccc(NC(=O)Nc2ccc3c(c2)NC(=O)/C3=C\c2ccsc2)cc1. The van der Waals surface area contributed by atoms with Crippen molar-refractivity contribution in [3.05, 3.63) is 70.4 Å². The summed E-state index contributed by atoms with van der Waals surface area (Å²) in [7, 11) is 1.59. The third-order valence-corrected chi connectivity index (χ3v) is 4.96. The van der Waals surface area contributed by atoms with Crippen LogP contribution in [0.15, 0.2) is 59.3 Å². The van der Waals surface area contributed by atoms with Gasteiger partial charge in [-0.05, 0) is 64.9 Å². The zero-order valence-corrected chi connectivity index (χ0v) is 15.8. The number of urea groups is 1. The van der Waals surface area contributed by atoms with Crippen LogP contribution in [0.3, 0.4) is 0 Å². The van der Waals surface area contributed by atoms with Crippen molar-refractivity contribution in [2.75, 3.05) is 23.1 Å². The molecule has 6 nitrogen and oxygen atoms in total. The minimum absolute atomic E-state index is 0.152. The van der Waals surface area contributed by atoms with Crippen molar-refractivity contribution in [3.8, 4) is 5.75 Å². The van der Waals surface area contributed by atoms with Crippen LogP contribution in [0.5, 0.6) is 5.75 Å². The molecular weight excluding hydrogens is 374 g/mol. The Morgan fingerprint density at radius 3 is 2.54 bits per heavy atom. The highest BCUT2D eigenvalue weighted by atomic mass is 32.1. The third kappa shape index (κ3) is 3.74. The summed E-state index contributed by atoms with van der Waals surface area (Å²) in [5.74, 6) is 0.563. The van der Waals surface area contributed by atoms with Crippen LogP contribution in [0, 0.1) is 0 Å². The first-order valence-electron chi connectivity index (χ1n) is 8.54. The van der Waals surface area contributed by atoms with E-state index in [0.29, 0.717) is 28.4 Å². The number of ether oxygens (including phenoxy) is 1. The summed E-state index contributed by atoms with van der Waals surface area (Å²) in [5, 5.41) is 12.3. The van der Waals surface area contributed by atoms with Crippen molar-refractivity contribution in [2.24, 2.45) is 0 Å². The lowest BCUT2D eigenvalue weighted by Crippen LogP contribution is -2.19. The number of carbonyl (C=O) groups excluding carboxylic acids is 2. The van der Waals surface area contributed by atoms with Crippen LogP contribution < -0.4 is 20.7 Å². The van der Waals surface area contributed by atoms with Crippen LogP contribution in [0.4, 0.5) is 21.9 Å². The Morgan fingerprint density at radius 1 is 1.07 bits per heavy atom. The predicted molar refractivity (Wildman–Crippen MR) is 113 cm³/mol. The largest absolute Gasteiger partial charge is 0.497 e. The molecule has 3 aromatic rings. The van der Waals surface area contributed by atoms with Crippen molar-refractivity contribution < 1.29 is 14.3 Å². The van der Waals surface area contributed by atoms with Gasteiger partial charge in [-0.25, -0.2) is 4.79 Å². The van der Waals surface area contributed by atoms with E-state index in [1.54, 1.807) is 54.8 Å². The molecule has 0 atom stereocenters. The smallest absolute Gasteiger partial charge is 0.323 e. The van der Waals surface area contributed by atoms with Crippen molar-refractivity contribution in [1.29, 1.82) is 0 Å². The Labute approximate surface area is 165 Å². The average molecular weight is 391 g/mol. The molecule has 2 aromatic carbocycles. The Hall–Kier alpha value is -3.58. The second-order valence-corrected chi connectivity index (χ2v) is 6.92. The van der Waals surface area contributed by atoms with E-state index in [2.05, 4.69) is 16.0 Å². The number of hydrogen-bond acceptors (Lipinski definition) is 4. The Kier molecular flexibility index (Phi) is 4.82. The van der Waals surface area contributed by atoms with Gasteiger partial charge < -0.3 is 20.7 Å². The first-order chi connectivity index (χ1) is 13.6. The molecular formula is C21H17N3O3S. The fraction of sp³-hybridized carbons (Fsp3) is 0.0476. The summed E-state index contributed by atoms with van der Waals surface area (Å²) in [6.07, 6.45) is 1.86. The highest BCUT2D eigenvalue weighted by Gasteiger charge is 2.24. The van der Waals surface area contributed by atoms with E-state index in [0.717, 1.165) is 11.1 Å². The first-order valence-corrected chi connectivity index (χ1v) is 9.48. The topological polar surface area (TPSA) is 79.5 Å². The maximum absolute atomic E-state index is 12.3. The molecule has 0 fully saturated rings. The summed E-state index contributed by atoms with van der Waals surface area (Å²) in [6, 6.07) is 14.0. The van der Waals surface area contributed by atoms with E-state index in [4.69, 9.17) is 4.74 Å². The normalized spacial score (nSPS) is 13.8. The molecule has 1 aromatic heterocycles. The third-order valence-electron chi connectivity index (χ3n) is 4.26. The summed E-state index contributed by atoms with van der Waals surface area (Å²) in [4.78, 5) is 24.5. The van der Waals surface area contributed by atoms with Gasteiger partial charge in [0.05, 0.1) is 12.8 Å². The van der Waals surface area contributed by atoms with Crippen LogP contribution >= 0.6 is 11.3 Å². The van der Waals surface area contributed by atoms with Gasteiger partial charge in [0.15, 0.2) is 0 Å². The average Bonchev–Trinajstić information content (AvgIpc) is 3.30. The van der Waals surface area contributed by atoms with Crippen LogP contribution in [0.1, 0.15) is 11.1 Å². The maximum atomic E-state index is 12.3. The Balaban J connectivity index is 1.48. The second kappa shape index (κ2) is 7.58. The maximum Gasteiger partial charge on any atom is 0.323 e. The number of carbonyl (C=O) groups is 2. The molecule has 3 amide bonds. The lowest BCUT2D eigenvalue weighted by Gasteiger charge is -2.09. The van der Waals surface area contributed by atoms with E-state index in [-0.39, 0.29) is 11.9 Å². The number of thiophene rings is 1. The van der Waals surface area contributed by atoms with Gasteiger partial charge in [0.1, 0.15) is 5.75 Å². The standard InChI is InChI=1S/C21H17N3O3S/c1-27-16-5-2-14(3-6-16)22-21(26)23-15-4-7-17-18(10-13-8-9-28-12-13)20(25)24-19(17)11-15/h2-12H,1H3,(H,24,25)(H2,22,23,26)/b18-10-. The monoisotopic (exact) mass is 391 g/mol. The number of benzene rings is 2. The molecule has 4 rings (SSSR count). The van der Waals surface area contributed by atoms with Crippen LogP contribution in [-0.2, 0) is 4.79 Å². The highest BCUT2D eigenvalue weighted by Crippen LogP contribution is 2.35. The summed E-state index contributed by atoms with van der Waals surface area (Å²) in [5.41, 5.74) is 4.33. The molecule has 140 valence electrons. The molecule has 28 heavy (non-hydrogen) atoms. The van der Waals surface area contributed by atoms with Crippen LogP contribution in [0.25, 0.3) is 11.6 Å². The fourth-order valence-electron chi connectivity index (χ4n) is 2.91. The van der Waals surface area contributed by atoms with Crippen molar-refractivity contribution in [2.45, 2.75) is 0 Å². The number of methoxy groups -OCH3 is 1. The van der Waals surface area contributed by atoms with E-state index in [1.807, 2.05) is 29.0 Å². The number of fused-ring (bicyclic) bond motifs is 1. The Morgan fingerprint density at radius 2 is 1.82 bits per heavy atom. The molecule has 1 aliphatic heterocycles. The molecule has 0 radical (unpaired) electrons. The number of hydrogen-bond donors (Lipinski definition) is 3. The number of nitrogens with one attached hydrogen (secondary N) is 3. The zero-order chi connectivity index (χ0) is 19.5. The van der Waals surface area contributed by atoms with Gasteiger partial charge in [0.25, 0.3) is 5.91 Å². The van der Waals surface area contributed by atoms with Crippen LogP contribution in [0.2, 0.25) is 0 Å². The number of amides is 3. The van der Waals surface area contributed by atoms with E-state index < -0.39 is 0 Å². The summed E-state index contributed by atoms with van der Waals surface area (Å²) in [6.45, 7) is 0. The van der Waals surface area contributed by atoms with Crippen LogP contribution in [-0.4, -0.2) is 19.0 Å². The van der Waals surface area contributed by atoms with Gasteiger partial charge in [-0.2, -0.15) is 11.3 Å². The van der Waals surface area contributed by atoms with Gasteiger partial charge in [-0.3, -0.25) is 4.79 Å². The van der Waals surface area contributed by atoms with Gasteiger partial charge >= 0.3 is 6.03 Å². The molecule has 0 aliphatic carbocycles. The van der Waals surface area contributed by atoms with E-state index in [9.17, 15) is 9.59 Å². The molecule has 2 heterocycles. The van der Waals surface area contributed by atoms with E-state index >= 15 is 0 Å². The van der Waals surface area contributed by atoms with Crippen molar-refractivity contribution >= 4 is 52.0 Å². The van der Waals surface area contributed by atoms with Crippen molar-refractivity contribution in [1.82, 2.24) is 0 Å². The van der Waals surface area contributed by atoms with E-state index in [1.165, 1.54) is 0 Å². The fourth-order valence-corrected chi connectivity index (χ4v) is 3.53. The minimum Gasteiger partial charge on any atom is -0.497 e. The van der Waals surface area contributed by atoms with Gasteiger partial charge in [0.2, 0.25) is 0 Å². The lowest BCUT2D eigenvalue weighted by molar-refractivity contribution is -0.110. The number of anilines is 3. The predicted octanol–water partition coefficient (Wildman–Crippen LogP) is 4.89. The van der Waals surface area contributed by atoms with Gasteiger partial charge in [-0.15, -0.1) is 0 Å². The first kappa shape index (κ1) is 17.8. The summed E-state index contributed by atoms with van der Waals surface area (Å²) >= 11 is 1.58. The molecule has 0 saturated heterocycles. The minimum atomic E-state index is -0.372. The molecule has 0 unspecified atom stereocenters. The molecule has 0 bridgehead atoms. The molecule has 1 aliphatic rings. The Bertz CT molecular complexity index is 1060. The molecule has 3 N–H and O–H groups in total. The van der Waals surface area contributed by atoms with Gasteiger partial charge in [0, 0.05) is 22.5 Å². The molecule has 0 spiro atoms. The van der Waals surface area contributed by atoms with Gasteiger partial charge in [-0.1, -0.05) is 6.07 Å². The lowest BCUT2D eigenvalue weighted by atomic mass is 10.0. The number of rotatable bonds is 4. The van der Waals surface area contributed by atoms with Crippen molar-refractivity contribution in [3.63, 3.8) is 0 Å². The second-order valence-electron chi connectivity index (χ2n) is 6.14.